The van der Waals surface area contributed by atoms with E-state index in [-0.39, 0.29) is 11.8 Å². The molecule has 5 nitrogen and oxygen atoms in total. The highest BCUT2D eigenvalue weighted by molar-refractivity contribution is 5.95. The van der Waals surface area contributed by atoms with E-state index in [0.29, 0.717) is 12.8 Å². The van der Waals surface area contributed by atoms with Gasteiger partial charge >= 0.3 is 6.09 Å². The number of hydrogen-bond acceptors (Lipinski definition) is 4. The van der Waals surface area contributed by atoms with E-state index in [1.807, 2.05) is 51.1 Å². The first-order valence-electron chi connectivity index (χ1n) is 9.19. The molecule has 0 unspecified atom stereocenters. The van der Waals surface area contributed by atoms with Crippen molar-refractivity contribution >= 4 is 12.0 Å². The van der Waals surface area contributed by atoms with Crippen LogP contribution in [0.5, 0.6) is 0 Å². The van der Waals surface area contributed by atoms with Crippen molar-refractivity contribution in [2.45, 2.75) is 58.8 Å². The van der Waals surface area contributed by atoms with Gasteiger partial charge in [-0.3, -0.25) is 4.79 Å². The molecule has 0 aromatic heterocycles. The highest BCUT2D eigenvalue weighted by Gasteiger charge is 2.46. The minimum absolute atomic E-state index is 0.111. The van der Waals surface area contributed by atoms with Crippen LogP contribution in [0.15, 0.2) is 42.5 Å². The van der Waals surface area contributed by atoms with Crippen molar-refractivity contribution in [2.24, 2.45) is 11.8 Å². The molecular formula is C21H29NO4. The summed E-state index contributed by atoms with van der Waals surface area (Å²) < 4.78 is 5.46. The summed E-state index contributed by atoms with van der Waals surface area (Å²) in [5.74, 6) is -1.13. The third-order valence-electron chi connectivity index (χ3n) is 5.06. The summed E-state index contributed by atoms with van der Waals surface area (Å²) in [6.07, 6.45) is -0.880. The molecule has 0 spiro atoms. The average Bonchev–Trinajstić information content (AvgIpc) is 2.89. The van der Waals surface area contributed by atoms with E-state index in [0.717, 1.165) is 11.1 Å². The minimum atomic E-state index is -0.833. The van der Waals surface area contributed by atoms with Gasteiger partial charge in [-0.1, -0.05) is 49.8 Å². The molecule has 1 fully saturated rings. The molecule has 1 aliphatic rings. The number of amides is 2. The summed E-state index contributed by atoms with van der Waals surface area (Å²) >= 11 is 0. The van der Waals surface area contributed by atoms with Crippen LogP contribution in [0.4, 0.5) is 4.79 Å². The number of imide groups is 1. The lowest BCUT2D eigenvalue weighted by Gasteiger charge is -2.30. The molecule has 1 aromatic rings. The molecule has 1 heterocycles. The van der Waals surface area contributed by atoms with Gasteiger partial charge in [0.1, 0.15) is 6.10 Å². The van der Waals surface area contributed by atoms with E-state index in [2.05, 4.69) is 6.58 Å². The fourth-order valence-corrected chi connectivity index (χ4v) is 3.65. The molecular weight excluding hydrogens is 330 g/mol. The zero-order valence-corrected chi connectivity index (χ0v) is 16.0. The number of hydrogen-bond donors (Lipinski definition) is 1. The van der Waals surface area contributed by atoms with Crippen molar-refractivity contribution in [1.29, 1.82) is 0 Å². The molecule has 1 saturated heterocycles. The highest BCUT2D eigenvalue weighted by Crippen LogP contribution is 2.34. The van der Waals surface area contributed by atoms with Gasteiger partial charge in [0, 0.05) is 0 Å². The molecule has 142 valence electrons. The number of aliphatic hydroxyl groups is 1. The maximum absolute atomic E-state index is 13.0. The van der Waals surface area contributed by atoms with Gasteiger partial charge in [0.25, 0.3) is 0 Å². The second kappa shape index (κ2) is 8.49. The van der Waals surface area contributed by atoms with Gasteiger partial charge in [-0.05, 0) is 38.2 Å². The number of allylic oxidation sites excluding steroid dienone is 1. The van der Waals surface area contributed by atoms with E-state index < -0.39 is 30.3 Å². The SMILES string of the molecule is C=C(C)C[C@H](C)[C@H](O)[C@@H](CC)C(=O)N1C(=O)O[C@@H](c2ccccc2)[C@H]1C. The van der Waals surface area contributed by atoms with E-state index in [1.54, 1.807) is 6.92 Å². The smallest absolute Gasteiger partial charge is 0.417 e. The Hall–Kier alpha value is -2.14. The van der Waals surface area contributed by atoms with Crippen LogP contribution >= 0.6 is 0 Å². The number of rotatable bonds is 7. The first-order valence-corrected chi connectivity index (χ1v) is 9.19. The van der Waals surface area contributed by atoms with E-state index in [4.69, 9.17) is 4.74 Å². The second-order valence-electron chi connectivity index (χ2n) is 7.31. The Morgan fingerprint density at radius 2 is 1.96 bits per heavy atom. The van der Waals surface area contributed by atoms with Gasteiger partial charge in [-0.25, -0.2) is 9.69 Å². The van der Waals surface area contributed by atoms with Crippen LogP contribution < -0.4 is 0 Å². The van der Waals surface area contributed by atoms with E-state index in [9.17, 15) is 14.7 Å². The van der Waals surface area contributed by atoms with Gasteiger partial charge in [0.05, 0.1) is 18.1 Å². The summed E-state index contributed by atoms with van der Waals surface area (Å²) in [6.45, 7) is 11.3. The Balaban J connectivity index is 2.18. The number of ether oxygens (including phenoxy) is 1. The molecule has 1 aliphatic heterocycles. The summed E-state index contributed by atoms with van der Waals surface area (Å²) in [4.78, 5) is 26.6. The first kappa shape index (κ1) is 20.2. The Morgan fingerprint density at radius 3 is 2.50 bits per heavy atom. The zero-order chi connectivity index (χ0) is 19.4. The van der Waals surface area contributed by atoms with Crippen molar-refractivity contribution in [3.05, 3.63) is 48.0 Å². The molecule has 1 aromatic carbocycles. The molecule has 0 radical (unpaired) electrons. The maximum Gasteiger partial charge on any atom is 0.417 e. The predicted octanol–water partition coefficient (Wildman–Crippen LogP) is 4.08. The molecule has 2 rings (SSSR count). The van der Waals surface area contributed by atoms with Crippen molar-refractivity contribution in [1.82, 2.24) is 4.90 Å². The van der Waals surface area contributed by atoms with Crippen LogP contribution in [0.25, 0.3) is 0 Å². The van der Waals surface area contributed by atoms with Gasteiger partial charge in [0.15, 0.2) is 0 Å². The van der Waals surface area contributed by atoms with Crippen molar-refractivity contribution in [3.63, 3.8) is 0 Å². The number of cyclic esters (lactones) is 1. The second-order valence-corrected chi connectivity index (χ2v) is 7.31. The van der Waals surface area contributed by atoms with Gasteiger partial charge < -0.3 is 9.84 Å². The third-order valence-corrected chi connectivity index (χ3v) is 5.06. The number of carbonyl (C=O) groups is 2. The Morgan fingerprint density at radius 1 is 1.35 bits per heavy atom. The van der Waals surface area contributed by atoms with Gasteiger partial charge in [0.2, 0.25) is 5.91 Å². The molecule has 26 heavy (non-hydrogen) atoms. The van der Waals surface area contributed by atoms with Crippen LogP contribution in [-0.4, -0.2) is 34.2 Å². The number of nitrogens with zero attached hydrogens (tertiary/aromatic N) is 1. The van der Waals surface area contributed by atoms with Gasteiger partial charge in [-0.15, -0.1) is 6.58 Å². The van der Waals surface area contributed by atoms with Gasteiger partial charge in [-0.2, -0.15) is 0 Å². The molecule has 0 saturated carbocycles. The summed E-state index contributed by atoms with van der Waals surface area (Å²) in [5.41, 5.74) is 1.81. The summed E-state index contributed by atoms with van der Waals surface area (Å²) in [7, 11) is 0. The highest BCUT2D eigenvalue weighted by atomic mass is 16.6. The maximum atomic E-state index is 13.0. The fourth-order valence-electron chi connectivity index (χ4n) is 3.65. The Labute approximate surface area is 155 Å². The molecule has 5 atom stereocenters. The predicted molar refractivity (Wildman–Crippen MR) is 100 cm³/mol. The summed E-state index contributed by atoms with van der Waals surface area (Å²) in [5, 5.41) is 10.7. The van der Waals surface area contributed by atoms with Crippen LogP contribution in [0.1, 0.15) is 52.2 Å². The number of aliphatic hydroxyl groups excluding tert-OH is 1. The lowest BCUT2D eigenvalue weighted by atomic mass is 9.85. The molecule has 1 N–H and O–H groups in total. The normalized spacial score (nSPS) is 23.3. The van der Waals surface area contributed by atoms with Crippen molar-refractivity contribution < 1.29 is 19.4 Å². The quantitative estimate of drug-likeness (QED) is 0.745. The summed E-state index contributed by atoms with van der Waals surface area (Å²) in [6, 6.07) is 8.97. The molecule has 0 aliphatic carbocycles. The van der Waals surface area contributed by atoms with E-state index in [1.165, 1.54) is 4.90 Å². The lowest BCUT2D eigenvalue weighted by molar-refractivity contribution is -0.138. The molecule has 0 bridgehead atoms. The standard InChI is InChI=1S/C21H29NO4/c1-6-17(18(23)14(4)12-13(2)3)20(24)22-15(5)19(26-21(22)25)16-10-8-7-9-11-16/h7-11,14-15,17-19,23H,2,6,12H2,1,3-5H3/t14-,15+,17+,18-,19+/m0/s1. The van der Waals surface area contributed by atoms with Crippen LogP contribution in [0, 0.1) is 11.8 Å². The lowest BCUT2D eigenvalue weighted by Crippen LogP contribution is -2.46. The van der Waals surface area contributed by atoms with E-state index >= 15 is 0 Å². The fraction of sp³-hybridized carbons (Fsp3) is 0.524. The number of benzene rings is 1. The van der Waals surface area contributed by atoms with Crippen molar-refractivity contribution in [2.75, 3.05) is 0 Å². The third kappa shape index (κ3) is 4.15. The largest absolute Gasteiger partial charge is 0.439 e. The zero-order valence-electron chi connectivity index (χ0n) is 16.0. The number of carbonyl (C=O) groups excluding carboxylic acids is 2. The topological polar surface area (TPSA) is 66.8 Å². The van der Waals surface area contributed by atoms with Crippen molar-refractivity contribution in [3.8, 4) is 0 Å². The van der Waals surface area contributed by atoms with Crippen LogP contribution in [0.3, 0.4) is 0 Å². The molecule has 2 amide bonds. The average molecular weight is 359 g/mol. The van der Waals surface area contributed by atoms with Crippen LogP contribution in [-0.2, 0) is 9.53 Å². The first-order chi connectivity index (χ1) is 12.3. The monoisotopic (exact) mass is 359 g/mol. The Kier molecular flexibility index (Phi) is 6.59. The minimum Gasteiger partial charge on any atom is -0.439 e. The molecule has 5 heteroatoms. The van der Waals surface area contributed by atoms with Crippen LogP contribution in [0.2, 0.25) is 0 Å². The Bertz CT molecular complexity index is 657.